The van der Waals surface area contributed by atoms with Crippen molar-refractivity contribution in [3.8, 4) is 5.75 Å². The Morgan fingerprint density at radius 1 is 1.39 bits per heavy atom. The second-order valence-corrected chi connectivity index (χ2v) is 4.94. The van der Waals surface area contributed by atoms with Crippen LogP contribution in [0.5, 0.6) is 5.75 Å². The molecule has 1 N–H and O–H groups in total. The fourth-order valence-corrected chi connectivity index (χ4v) is 2.25. The monoisotopic (exact) mass is 262 g/mol. The molecule has 1 heterocycles. The number of benzene rings is 1. The Bertz CT molecular complexity index is 522. The molecule has 2 rings (SSSR count). The minimum atomic E-state index is -0.0554. The summed E-state index contributed by atoms with van der Waals surface area (Å²) < 4.78 is 0. The van der Waals surface area contributed by atoms with Gasteiger partial charge in [-0.3, -0.25) is 9.78 Å². The van der Waals surface area contributed by atoms with Gasteiger partial charge in [-0.2, -0.15) is 0 Å². The molecule has 0 saturated carbocycles. The van der Waals surface area contributed by atoms with Crippen LogP contribution < -0.4 is 0 Å². The number of phenolic OH excluding ortho intramolecular Hbond substituents is 1. The second kappa shape index (κ2) is 5.18. The Labute approximate surface area is 110 Å². The molecule has 1 unspecified atom stereocenters. The van der Waals surface area contributed by atoms with E-state index in [-0.39, 0.29) is 17.7 Å². The molecule has 1 amide bonds. The first-order valence-corrected chi connectivity index (χ1v) is 6.42. The maximum atomic E-state index is 12.1. The van der Waals surface area contributed by atoms with E-state index in [0.29, 0.717) is 4.88 Å². The van der Waals surface area contributed by atoms with E-state index in [4.69, 9.17) is 0 Å². The summed E-state index contributed by atoms with van der Waals surface area (Å²) >= 11 is 1.33. The van der Waals surface area contributed by atoms with Gasteiger partial charge in [0.1, 0.15) is 10.6 Å². The number of aromatic hydroxyl groups is 1. The van der Waals surface area contributed by atoms with Crippen LogP contribution in [0.2, 0.25) is 0 Å². The molecule has 18 heavy (non-hydrogen) atoms. The van der Waals surface area contributed by atoms with Crippen molar-refractivity contribution in [3.63, 3.8) is 0 Å². The van der Waals surface area contributed by atoms with E-state index < -0.39 is 0 Å². The molecule has 0 aliphatic carbocycles. The molecule has 1 atom stereocenters. The van der Waals surface area contributed by atoms with Gasteiger partial charge in [-0.25, -0.2) is 0 Å². The van der Waals surface area contributed by atoms with Crippen LogP contribution in [0, 0.1) is 0 Å². The zero-order valence-corrected chi connectivity index (χ0v) is 11.0. The lowest BCUT2D eigenvalue weighted by atomic mass is 10.1. The van der Waals surface area contributed by atoms with E-state index in [2.05, 4.69) is 4.98 Å². The van der Waals surface area contributed by atoms with Crippen molar-refractivity contribution in [3.05, 3.63) is 46.4 Å². The topological polar surface area (TPSA) is 53.4 Å². The Kier molecular flexibility index (Phi) is 3.62. The van der Waals surface area contributed by atoms with Gasteiger partial charge in [0, 0.05) is 7.05 Å². The Hall–Kier alpha value is -1.88. The van der Waals surface area contributed by atoms with E-state index in [1.54, 1.807) is 35.8 Å². The summed E-state index contributed by atoms with van der Waals surface area (Å²) in [6.45, 7) is 1.95. The molecule has 0 aliphatic rings. The Morgan fingerprint density at radius 2 is 2.06 bits per heavy atom. The van der Waals surface area contributed by atoms with E-state index in [1.165, 1.54) is 11.3 Å². The van der Waals surface area contributed by atoms with Gasteiger partial charge in [-0.1, -0.05) is 12.1 Å². The summed E-state index contributed by atoms with van der Waals surface area (Å²) in [6, 6.07) is 6.82. The highest BCUT2D eigenvalue weighted by Crippen LogP contribution is 2.23. The highest BCUT2D eigenvalue weighted by atomic mass is 32.1. The molecule has 5 heteroatoms. The van der Waals surface area contributed by atoms with Crippen LogP contribution in [-0.4, -0.2) is 27.9 Å². The molecule has 1 aromatic carbocycles. The standard InChI is InChI=1S/C13H14N2O2S/c1-9(10-3-5-11(16)6-4-10)15(2)13(17)12-7-14-8-18-12/h3-9,16H,1-2H3. The summed E-state index contributed by atoms with van der Waals surface area (Å²) in [5.74, 6) is 0.181. The highest BCUT2D eigenvalue weighted by Gasteiger charge is 2.19. The normalized spacial score (nSPS) is 12.1. The third-order valence-electron chi connectivity index (χ3n) is 2.92. The average Bonchev–Trinajstić information content (AvgIpc) is 2.91. The molecule has 0 fully saturated rings. The first-order chi connectivity index (χ1) is 8.59. The number of nitrogens with zero attached hydrogens (tertiary/aromatic N) is 2. The first kappa shape index (κ1) is 12.6. The van der Waals surface area contributed by atoms with E-state index in [9.17, 15) is 9.90 Å². The van der Waals surface area contributed by atoms with Gasteiger partial charge in [0.25, 0.3) is 5.91 Å². The Morgan fingerprint density at radius 3 is 2.61 bits per heavy atom. The number of phenols is 1. The molecule has 0 aliphatic heterocycles. The van der Waals surface area contributed by atoms with Crippen LogP contribution >= 0.6 is 11.3 Å². The van der Waals surface area contributed by atoms with Crippen LogP contribution in [0.1, 0.15) is 28.2 Å². The van der Waals surface area contributed by atoms with Crippen LogP contribution in [0.4, 0.5) is 0 Å². The first-order valence-electron chi connectivity index (χ1n) is 5.54. The van der Waals surface area contributed by atoms with Crippen molar-refractivity contribution in [1.82, 2.24) is 9.88 Å². The van der Waals surface area contributed by atoms with Crippen molar-refractivity contribution in [2.24, 2.45) is 0 Å². The van der Waals surface area contributed by atoms with E-state index >= 15 is 0 Å². The predicted molar refractivity (Wildman–Crippen MR) is 70.7 cm³/mol. The zero-order chi connectivity index (χ0) is 13.1. The van der Waals surface area contributed by atoms with Gasteiger partial charge in [-0.05, 0) is 24.6 Å². The van der Waals surface area contributed by atoms with Crippen LogP contribution in [0.15, 0.2) is 36.0 Å². The lowest BCUT2D eigenvalue weighted by Crippen LogP contribution is -2.29. The third kappa shape index (κ3) is 2.51. The van der Waals surface area contributed by atoms with Crippen molar-refractivity contribution >= 4 is 17.2 Å². The molecule has 0 bridgehead atoms. The van der Waals surface area contributed by atoms with Gasteiger partial charge in [0.2, 0.25) is 0 Å². The van der Waals surface area contributed by atoms with E-state index in [1.807, 2.05) is 19.1 Å². The maximum absolute atomic E-state index is 12.1. The highest BCUT2D eigenvalue weighted by molar-refractivity contribution is 7.11. The van der Waals surface area contributed by atoms with Crippen molar-refractivity contribution in [2.75, 3.05) is 7.05 Å². The van der Waals surface area contributed by atoms with Crippen molar-refractivity contribution in [2.45, 2.75) is 13.0 Å². The summed E-state index contributed by atoms with van der Waals surface area (Å²) in [6.07, 6.45) is 1.58. The van der Waals surface area contributed by atoms with Gasteiger partial charge in [-0.15, -0.1) is 11.3 Å². The zero-order valence-electron chi connectivity index (χ0n) is 10.2. The lowest BCUT2D eigenvalue weighted by Gasteiger charge is -2.24. The third-order valence-corrected chi connectivity index (χ3v) is 3.68. The molecule has 0 radical (unpaired) electrons. The van der Waals surface area contributed by atoms with Crippen LogP contribution in [0.3, 0.4) is 0 Å². The summed E-state index contributed by atoms with van der Waals surface area (Å²) in [5.41, 5.74) is 2.62. The van der Waals surface area contributed by atoms with Gasteiger partial charge in [0.15, 0.2) is 0 Å². The molecular weight excluding hydrogens is 248 g/mol. The molecule has 94 valence electrons. The number of thiazole rings is 1. The Balaban J connectivity index is 2.16. The lowest BCUT2D eigenvalue weighted by molar-refractivity contribution is 0.0747. The van der Waals surface area contributed by atoms with Crippen molar-refractivity contribution < 1.29 is 9.90 Å². The minimum absolute atomic E-state index is 0.0434. The molecule has 2 aromatic rings. The number of hydrogen-bond donors (Lipinski definition) is 1. The molecule has 4 nitrogen and oxygen atoms in total. The van der Waals surface area contributed by atoms with Crippen molar-refractivity contribution in [1.29, 1.82) is 0 Å². The van der Waals surface area contributed by atoms with E-state index in [0.717, 1.165) is 5.56 Å². The molecular formula is C13H14N2O2S. The van der Waals surface area contributed by atoms with Gasteiger partial charge in [0.05, 0.1) is 17.7 Å². The average molecular weight is 262 g/mol. The number of amides is 1. The van der Waals surface area contributed by atoms with Crippen LogP contribution in [0.25, 0.3) is 0 Å². The minimum Gasteiger partial charge on any atom is -0.508 e. The SMILES string of the molecule is CC(c1ccc(O)cc1)N(C)C(=O)c1cncs1. The van der Waals surface area contributed by atoms with Crippen LogP contribution in [-0.2, 0) is 0 Å². The smallest absolute Gasteiger partial charge is 0.265 e. The fraction of sp³-hybridized carbons (Fsp3) is 0.231. The molecule has 0 saturated heterocycles. The van der Waals surface area contributed by atoms with Gasteiger partial charge < -0.3 is 10.0 Å². The number of carbonyl (C=O) groups excluding carboxylic acids is 1. The fourth-order valence-electron chi connectivity index (χ4n) is 1.65. The summed E-state index contributed by atoms with van der Waals surface area (Å²) in [7, 11) is 1.76. The quantitative estimate of drug-likeness (QED) is 0.925. The molecule has 0 spiro atoms. The largest absolute Gasteiger partial charge is 0.508 e. The second-order valence-electron chi connectivity index (χ2n) is 4.05. The number of hydrogen-bond acceptors (Lipinski definition) is 4. The number of aromatic nitrogens is 1. The van der Waals surface area contributed by atoms with Gasteiger partial charge >= 0.3 is 0 Å². The summed E-state index contributed by atoms with van der Waals surface area (Å²) in [5, 5.41) is 9.25. The maximum Gasteiger partial charge on any atom is 0.265 e. The molecule has 1 aromatic heterocycles. The number of carbonyl (C=O) groups is 1. The predicted octanol–water partition coefficient (Wildman–Crippen LogP) is 2.68. The number of rotatable bonds is 3. The summed E-state index contributed by atoms with van der Waals surface area (Å²) in [4.78, 5) is 18.3.